The van der Waals surface area contributed by atoms with Crippen LogP contribution in [0.25, 0.3) is 0 Å². The lowest BCUT2D eigenvalue weighted by Crippen LogP contribution is -2.50. The summed E-state index contributed by atoms with van der Waals surface area (Å²) in [5, 5.41) is 0. The number of nitrogens with zero attached hydrogens (tertiary/aromatic N) is 4. The van der Waals surface area contributed by atoms with Crippen LogP contribution in [0.15, 0.2) is 17.1 Å². The number of aryl methyl sites for hydroxylation is 1. The molecule has 28 heavy (non-hydrogen) atoms. The van der Waals surface area contributed by atoms with Gasteiger partial charge in [-0.2, -0.15) is 11.8 Å². The van der Waals surface area contributed by atoms with Crippen LogP contribution in [0, 0.1) is 6.92 Å². The third kappa shape index (κ3) is 4.81. The quantitative estimate of drug-likeness (QED) is 0.748. The summed E-state index contributed by atoms with van der Waals surface area (Å²) in [6.45, 7) is 8.46. The van der Waals surface area contributed by atoms with Crippen LogP contribution in [0.2, 0.25) is 0 Å². The number of rotatable bonds is 5. The SMILES string of the molecule is Cc1ccn(C(C)CN(C)C)c(=O)c1C(=O)N1CCC(N2CCSCC2)CC1. The second-order valence-electron chi connectivity index (χ2n) is 8.37. The van der Waals surface area contributed by atoms with Crippen LogP contribution in [-0.2, 0) is 0 Å². The first-order chi connectivity index (χ1) is 13.4. The van der Waals surface area contributed by atoms with Crippen LogP contribution < -0.4 is 5.56 Å². The lowest BCUT2D eigenvalue weighted by molar-refractivity contribution is 0.0627. The van der Waals surface area contributed by atoms with E-state index in [9.17, 15) is 9.59 Å². The lowest BCUT2D eigenvalue weighted by atomic mass is 10.0. The molecule has 3 rings (SSSR count). The van der Waals surface area contributed by atoms with Crippen LogP contribution >= 0.6 is 11.8 Å². The van der Waals surface area contributed by atoms with E-state index in [1.807, 2.05) is 56.9 Å². The van der Waals surface area contributed by atoms with Gasteiger partial charge in [-0.1, -0.05) is 0 Å². The molecule has 0 aromatic carbocycles. The Labute approximate surface area is 172 Å². The van der Waals surface area contributed by atoms with Crippen molar-refractivity contribution < 1.29 is 4.79 Å². The molecule has 0 radical (unpaired) electrons. The molecule has 0 aliphatic carbocycles. The Kier molecular flexibility index (Phi) is 7.23. The maximum atomic E-state index is 13.2. The van der Waals surface area contributed by atoms with Crippen molar-refractivity contribution in [2.45, 2.75) is 38.8 Å². The first-order valence-electron chi connectivity index (χ1n) is 10.4. The van der Waals surface area contributed by atoms with Crippen LogP contribution in [0.1, 0.15) is 41.7 Å². The number of likely N-dealkylation sites (tertiary alicyclic amines) is 1. The van der Waals surface area contributed by atoms with E-state index in [2.05, 4.69) is 9.80 Å². The Morgan fingerprint density at radius 1 is 1.21 bits per heavy atom. The van der Waals surface area contributed by atoms with E-state index in [1.54, 1.807) is 4.57 Å². The zero-order valence-corrected chi connectivity index (χ0v) is 18.5. The molecular weight excluding hydrogens is 372 g/mol. The van der Waals surface area contributed by atoms with Gasteiger partial charge >= 0.3 is 0 Å². The maximum Gasteiger partial charge on any atom is 0.263 e. The average molecular weight is 407 g/mol. The average Bonchev–Trinajstić information content (AvgIpc) is 2.68. The van der Waals surface area contributed by atoms with Crippen molar-refractivity contribution in [2.24, 2.45) is 0 Å². The van der Waals surface area contributed by atoms with Crippen molar-refractivity contribution in [2.75, 3.05) is 58.3 Å². The molecule has 2 aliphatic heterocycles. The molecule has 2 saturated heterocycles. The van der Waals surface area contributed by atoms with Crippen molar-refractivity contribution in [3.8, 4) is 0 Å². The molecule has 0 N–H and O–H groups in total. The van der Waals surface area contributed by atoms with Crippen molar-refractivity contribution in [1.29, 1.82) is 0 Å². The fraction of sp³-hybridized carbons (Fsp3) is 0.714. The van der Waals surface area contributed by atoms with Crippen LogP contribution in [0.5, 0.6) is 0 Å². The van der Waals surface area contributed by atoms with Gasteiger partial charge in [0.05, 0.1) is 0 Å². The Hall–Kier alpha value is -1.31. The first-order valence-corrected chi connectivity index (χ1v) is 11.5. The molecule has 1 amide bonds. The first kappa shape index (κ1) is 21.4. The normalized spacial score (nSPS) is 20.5. The van der Waals surface area contributed by atoms with Crippen molar-refractivity contribution >= 4 is 17.7 Å². The van der Waals surface area contributed by atoms with Gasteiger partial charge in [0.2, 0.25) is 0 Å². The van der Waals surface area contributed by atoms with Gasteiger partial charge in [0, 0.05) is 62.5 Å². The van der Waals surface area contributed by atoms with Crippen LogP contribution in [-0.4, -0.2) is 89.5 Å². The highest BCUT2D eigenvalue weighted by Gasteiger charge is 2.30. The molecule has 3 heterocycles. The minimum Gasteiger partial charge on any atom is -0.338 e. The summed E-state index contributed by atoms with van der Waals surface area (Å²) in [5.74, 6) is 2.33. The molecule has 0 bridgehead atoms. The number of hydrogen-bond acceptors (Lipinski definition) is 5. The highest BCUT2D eigenvalue weighted by molar-refractivity contribution is 7.99. The monoisotopic (exact) mass is 406 g/mol. The zero-order valence-electron chi connectivity index (χ0n) is 17.7. The Morgan fingerprint density at radius 3 is 2.46 bits per heavy atom. The topological polar surface area (TPSA) is 48.8 Å². The van der Waals surface area contributed by atoms with Crippen molar-refractivity contribution in [1.82, 2.24) is 19.3 Å². The summed E-state index contributed by atoms with van der Waals surface area (Å²) in [4.78, 5) is 32.8. The summed E-state index contributed by atoms with van der Waals surface area (Å²) < 4.78 is 1.71. The van der Waals surface area contributed by atoms with E-state index in [4.69, 9.17) is 0 Å². The van der Waals surface area contributed by atoms with E-state index in [1.165, 1.54) is 11.5 Å². The molecular formula is C21H34N4O2S. The number of amides is 1. The van der Waals surface area contributed by atoms with E-state index in [0.29, 0.717) is 11.6 Å². The molecule has 0 saturated carbocycles. The summed E-state index contributed by atoms with van der Waals surface area (Å²) >= 11 is 2.03. The number of pyridine rings is 1. The molecule has 1 aromatic heterocycles. The third-order valence-electron chi connectivity index (χ3n) is 5.96. The van der Waals surface area contributed by atoms with Gasteiger partial charge in [-0.05, 0) is 52.4 Å². The molecule has 6 nitrogen and oxygen atoms in total. The third-order valence-corrected chi connectivity index (χ3v) is 6.90. The molecule has 2 aliphatic rings. The van der Waals surface area contributed by atoms with Crippen LogP contribution in [0.3, 0.4) is 0 Å². The predicted molar refractivity (Wildman–Crippen MR) is 117 cm³/mol. The second-order valence-corrected chi connectivity index (χ2v) is 9.59. The van der Waals surface area contributed by atoms with Gasteiger partial charge in [-0.3, -0.25) is 14.5 Å². The molecule has 2 fully saturated rings. The molecule has 156 valence electrons. The summed E-state index contributed by atoms with van der Waals surface area (Å²) in [6.07, 6.45) is 3.84. The fourth-order valence-corrected chi connectivity index (χ4v) is 5.33. The molecule has 7 heteroatoms. The molecule has 1 aromatic rings. The van der Waals surface area contributed by atoms with Gasteiger partial charge in [-0.15, -0.1) is 0 Å². The largest absolute Gasteiger partial charge is 0.338 e. The smallest absolute Gasteiger partial charge is 0.263 e. The van der Waals surface area contributed by atoms with E-state index >= 15 is 0 Å². The number of thioether (sulfide) groups is 1. The molecule has 0 spiro atoms. The number of carbonyl (C=O) groups is 1. The van der Waals surface area contributed by atoms with Crippen LogP contribution in [0.4, 0.5) is 0 Å². The summed E-state index contributed by atoms with van der Waals surface area (Å²) in [5.41, 5.74) is 0.967. The molecule has 1 unspecified atom stereocenters. The minimum absolute atomic E-state index is 0.0253. The van der Waals surface area contributed by atoms with Gasteiger partial charge in [0.15, 0.2) is 0 Å². The van der Waals surface area contributed by atoms with Gasteiger partial charge in [-0.25, -0.2) is 0 Å². The van der Waals surface area contributed by atoms with Crippen molar-refractivity contribution in [3.05, 3.63) is 33.7 Å². The number of carbonyl (C=O) groups excluding carboxylic acids is 1. The highest BCUT2D eigenvalue weighted by atomic mass is 32.2. The number of aromatic nitrogens is 1. The maximum absolute atomic E-state index is 13.2. The Morgan fingerprint density at radius 2 is 1.86 bits per heavy atom. The van der Waals surface area contributed by atoms with Gasteiger partial charge in [0.1, 0.15) is 5.56 Å². The fourth-order valence-electron chi connectivity index (χ4n) is 4.40. The lowest BCUT2D eigenvalue weighted by Gasteiger charge is -2.40. The standard InChI is InChI=1S/C21H34N4O2S/c1-16-5-10-25(17(2)15-22(3)4)21(27)19(16)20(26)24-8-6-18(7-9-24)23-11-13-28-14-12-23/h5,10,17-18H,6-9,11-15H2,1-4H3. The summed E-state index contributed by atoms with van der Waals surface area (Å²) in [6, 6.07) is 2.51. The highest BCUT2D eigenvalue weighted by Crippen LogP contribution is 2.22. The Bertz CT molecular complexity index is 734. The zero-order chi connectivity index (χ0) is 20.3. The van der Waals surface area contributed by atoms with E-state index in [-0.39, 0.29) is 17.5 Å². The van der Waals surface area contributed by atoms with Crippen molar-refractivity contribution in [3.63, 3.8) is 0 Å². The van der Waals surface area contributed by atoms with Gasteiger partial charge in [0.25, 0.3) is 11.5 Å². The van der Waals surface area contributed by atoms with Gasteiger partial charge < -0.3 is 14.4 Å². The minimum atomic E-state index is -0.158. The van der Waals surface area contributed by atoms with E-state index < -0.39 is 0 Å². The van der Waals surface area contributed by atoms with E-state index in [0.717, 1.165) is 51.1 Å². The molecule has 1 atom stereocenters. The number of piperidine rings is 1. The number of hydrogen-bond donors (Lipinski definition) is 0. The summed E-state index contributed by atoms with van der Waals surface area (Å²) in [7, 11) is 3.99. The number of likely N-dealkylation sites (N-methyl/N-ethyl adjacent to an activating group) is 1. The second kappa shape index (κ2) is 9.46. The Balaban J connectivity index is 1.71. The predicted octanol–water partition coefficient (Wildman–Crippen LogP) is 1.93.